The Bertz CT molecular complexity index is 1420. The van der Waals surface area contributed by atoms with Crippen LogP contribution in [-0.2, 0) is 19.4 Å². The number of carbonyl (C=O) groups is 2. The van der Waals surface area contributed by atoms with Gasteiger partial charge in [0.15, 0.2) is 0 Å². The Kier molecular flexibility index (Phi) is 7.83. The molecule has 0 spiro atoms. The molecule has 2 aromatic carbocycles. The first-order valence-electron chi connectivity index (χ1n) is 13.2. The van der Waals surface area contributed by atoms with Gasteiger partial charge in [-0.15, -0.1) is 11.3 Å². The largest absolute Gasteiger partial charge is 0.343 e. The second-order valence-corrected chi connectivity index (χ2v) is 13.5. The van der Waals surface area contributed by atoms with Crippen LogP contribution in [0.1, 0.15) is 43.7 Å². The summed E-state index contributed by atoms with van der Waals surface area (Å²) in [6, 6.07) is 13.0. The highest BCUT2D eigenvalue weighted by atomic mass is 32.2. The number of hydrogen-bond acceptors (Lipinski definition) is 7. The second kappa shape index (κ2) is 11.1. The molecule has 3 heterocycles. The van der Waals surface area contributed by atoms with Crippen LogP contribution in [0.25, 0.3) is 22.0 Å². The number of rotatable bonds is 7. The van der Waals surface area contributed by atoms with Crippen molar-refractivity contribution < 1.29 is 18.0 Å². The molecule has 8 nitrogen and oxygen atoms in total. The van der Waals surface area contributed by atoms with Gasteiger partial charge in [0.25, 0.3) is 0 Å². The van der Waals surface area contributed by atoms with Gasteiger partial charge in [-0.25, -0.2) is 13.4 Å². The second-order valence-electron chi connectivity index (χ2n) is 10.3. The number of amides is 2. The molecule has 2 aliphatic heterocycles. The fourth-order valence-corrected chi connectivity index (χ4v) is 8.00. The van der Waals surface area contributed by atoms with Gasteiger partial charge < -0.3 is 15.5 Å². The van der Waals surface area contributed by atoms with Crippen LogP contribution >= 0.6 is 11.3 Å². The molecule has 5 rings (SSSR count). The van der Waals surface area contributed by atoms with E-state index in [1.165, 1.54) is 0 Å². The lowest BCUT2D eigenvalue weighted by Crippen LogP contribution is -2.56. The molecule has 2 aliphatic rings. The summed E-state index contributed by atoms with van der Waals surface area (Å²) >= 11 is 1.56. The summed E-state index contributed by atoms with van der Waals surface area (Å²) in [6.45, 7) is 2.33. The van der Waals surface area contributed by atoms with E-state index < -0.39 is 21.9 Å². The summed E-state index contributed by atoms with van der Waals surface area (Å²) in [5.74, 6) is -0.535. The first-order valence-corrected chi connectivity index (χ1v) is 15.9. The number of carbonyl (C=O) groups excluding carboxylic acids is 2. The average molecular weight is 555 g/mol. The van der Waals surface area contributed by atoms with Crippen LogP contribution in [0, 0.1) is 5.92 Å². The van der Waals surface area contributed by atoms with Crippen LogP contribution in [0.2, 0.25) is 0 Å². The minimum Gasteiger partial charge on any atom is -0.343 e. The van der Waals surface area contributed by atoms with Gasteiger partial charge >= 0.3 is 0 Å². The highest BCUT2D eigenvalue weighted by Crippen LogP contribution is 2.38. The van der Waals surface area contributed by atoms with Gasteiger partial charge in [0.2, 0.25) is 11.8 Å². The molecule has 10 heteroatoms. The van der Waals surface area contributed by atoms with E-state index >= 15 is 0 Å². The summed E-state index contributed by atoms with van der Waals surface area (Å²) in [7, 11) is -1.40. The molecule has 38 heavy (non-hydrogen) atoms. The number of thiazole rings is 1. The normalized spacial score (nSPS) is 21.3. The van der Waals surface area contributed by atoms with Crippen molar-refractivity contribution in [1.29, 1.82) is 0 Å². The molecule has 0 bridgehead atoms. The van der Waals surface area contributed by atoms with E-state index in [9.17, 15) is 18.0 Å². The van der Waals surface area contributed by atoms with Crippen molar-refractivity contribution in [2.45, 2.75) is 50.7 Å². The maximum atomic E-state index is 14.0. The van der Waals surface area contributed by atoms with Crippen LogP contribution in [0.3, 0.4) is 0 Å². The van der Waals surface area contributed by atoms with Gasteiger partial charge in [-0.1, -0.05) is 42.5 Å². The van der Waals surface area contributed by atoms with Gasteiger partial charge in [0, 0.05) is 17.5 Å². The number of nitrogens with one attached hydrogen (secondary N) is 2. The lowest BCUT2D eigenvalue weighted by atomic mass is 9.92. The van der Waals surface area contributed by atoms with E-state index in [0.717, 1.165) is 39.9 Å². The molecule has 202 valence electrons. The zero-order chi connectivity index (χ0) is 26.9. The Morgan fingerprint density at radius 2 is 1.82 bits per heavy atom. The van der Waals surface area contributed by atoms with E-state index in [0.29, 0.717) is 19.4 Å². The fraction of sp³-hybridized carbons (Fsp3) is 0.464. The van der Waals surface area contributed by atoms with Crippen LogP contribution < -0.4 is 10.6 Å². The number of sulfone groups is 1. The lowest BCUT2D eigenvalue weighted by Gasteiger charge is -2.35. The van der Waals surface area contributed by atoms with Crippen molar-refractivity contribution >= 4 is 43.8 Å². The van der Waals surface area contributed by atoms with Crippen molar-refractivity contribution in [3.05, 3.63) is 52.9 Å². The lowest BCUT2D eigenvalue weighted by molar-refractivity contribution is -0.139. The Morgan fingerprint density at radius 3 is 2.58 bits per heavy atom. The van der Waals surface area contributed by atoms with Crippen LogP contribution in [0.4, 0.5) is 0 Å². The number of likely N-dealkylation sites (N-methyl/N-ethyl adjacent to an activating group) is 1. The van der Waals surface area contributed by atoms with Gasteiger partial charge in [-0.3, -0.25) is 9.59 Å². The third-order valence-electron chi connectivity index (χ3n) is 7.87. The molecule has 1 aromatic heterocycles. The molecule has 2 N–H and O–H groups in total. The van der Waals surface area contributed by atoms with Gasteiger partial charge in [-0.2, -0.15) is 0 Å². The number of nitrogens with zero attached hydrogens (tertiary/aromatic N) is 2. The molecule has 2 fully saturated rings. The highest BCUT2D eigenvalue weighted by molar-refractivity contribution is 7.91. The number of fused-ring (bicyclic) bond motifs is 1. The average Bonchev–Trinajstić information content (AvgIpc) is 3.61. The van der Waals surface area contributed by atoms with E-state index in [1.807, 2.05) is 23.1 Å². The third-order valence-corrected chi connectivity index (χ3v) is 10.5. The Balaban J connectivity index is 1.40. The minimum absolute atomic E-state index is 0.0448. The first kappa shape index (κ1) is 26.8. The van der Waals surface area contributed by atoms with Gasteiger partial charge in [0.05, 0.1) is 29.3 Å². The quantitative estimate of drug-likeness (QED) is 0.463. The highest BCUT2D eigenvalue weighted by Gasteiger charge is 2.41. The summed E-state index contributed by atoms with van der Waals surface area (Å²) in [5.41, 5.74) is 1.96. The summed E-state index contributed by atoms with van der Waals surface area (Å²) < 4.78 is 24.1. The van der Waals surface area contributed by atoms with Crippen molar-refractivity contribution in [3.63, 3.8) is 0 Å². The fourth-order valence-electron chi connectivity index (χ4n) is 5.51. The molecule has 2 saturated heterocycles. The molecule has 0 unspecified atom stereocenters. The van der Waals surface area contributed by atoms with E-state index in [-0.39, 0.29) is 35.3 Å². The minimum atomic E-state index is -3.09. The van der Waals surface area contributed by atoms with Gasteiger partial charge in [0.1, 0.15) is 20.9 Å². The first-order chi connectivity index (χ1) is 18.3. The monoisotopic (exact) mass is 554 g/mol. The molecule has 0 radical (unpaired) electrons. The molecule has 0 aliphatic carbocycles. The zero-order valence-electron chi connectivity index (χ0n) is 21.7. The predicted molar refractivity (Wildman–Crippen MR) is 151 cm³/mol. The van der Waals surface area contributed by atoms with Crippen molar-refractivity contribution in [3.8, 4) is 11.3 Å². The van der Waals surface area contributed by atoms with Crippen LogP contribution in [0.15, 0.2) is 47.8 Å². The SMILES string of the molecule is CN[C@@H](C)C(=O)N[C@H](C(=O)N1CCC[C@H]1c1nc(-c2cccc3ccccc23)cs1)C1CCS(=O)(=O)CC1. The van der Waals surface area contributed by atoms with Gasteiger partial charge in [-0.05, 0) is 56.3 Å². The molecule has 2 amide bonds. The van der Waals surface area contributed by atoms with Crippen LogP contribution in [0.5, 0.6) is 0 Å². The smallest absolute Gasteiger partial charge is 0.246 e. The number of likely N-dealkylation sites (tertiary alicyclic amines) is 1. The van der Waals surface area contributed by atoms with E-state index in [4.69, 9.17) is 4.98 Å². The van der Waals surface area contributed by atoms with Crippen molar-refractivity contribution in [1.82, 2.24) is 20.5 Å². The molecular formula is C28H34N4O4S2. The van der Waals surface area contributed by atoms with E-state index in [2.05, 4.69) is 40.3 Å². The van der Waals surface area contributed by atoms with Crippen LogP contribution in [-0.4, -0.2) is 67.3 Å². The molecule has 0 saturated carbocycles. The number of hydrogen-bond donors (Lipinski definition) is 2. The Labute approximate surface area is 227 Å². The molecule has 3 aromatic rings. The number of benzene rings is 2. The van der Waals surface area contributed by atoms with Crippen molar-refractivity contribution in [2.24, 2.45) is 5.92 Å². The maximum absolute atomic E-state index is 14.0. The van der Waals surface area contributed by atoms with Crippen molar-refractivity contribution in [2.75, 3.05) is 25.1 Å². The maximum Gasteiger partial charge on any atom is 0.246 e. The predicted octanol–water partition coefficient (Wildman–Crippen LogP) is 3.54. The third kappa shape index (κ3) is 5.48. The Hall–Kier alpha value is -2.82. The topological polar surface area (TPSA) is 108 Å². The van der Waals surface area contributed by atoms with E-state index in [1.54, 1.807) is 25.3 Å². The molecular weight excluding hydrogens is 520 g/mol. The standard InChI is InChI=1S/C28H34N4O4S2/c1-18(29-2)26(33)31-25(20-12-15-38(35,36)16-13-20)28(34)32-14-6-11-24(32)27-30-23(17-37-27)22-10-5-8-19-7-3-4-9-21(19)22/h3-5,7-10,17-18,20,24-25,29H,6,11-16H2,1-2H3,(H,31,33)/t18-,24-,25-/m0/s1. The summed E-state index contributed by atoms with van der Waals surface area (Å²) in [5, 5.41) is 11.1. The Morgan fingerprint density at radius 1 is 1.08 bits per heavy atom. The molecule has 3 atom stereocenters. The number of aromatic nitrogens is 1. The zero-order valence-corrected chi connectivity index (χ0v) is 23.4. The summed E-state index contributed by atoms with van der Waals surface area (Å²) in [4.78, 5) is 33.7. The summed E-state index contributed by atoms with van der Waals surface area (Å²) in [6.07, 6.45) is 2.40.